The number of aromatic nitrogens is 8. The Balaban J connectivity index is 0.000000368. The predicted octanol–water partition coefficient (Wildman–Crippen LogP) is 5.08. The quantitative estimate of drug-likeness (QED) is 0.108. The van der Waals surface area contributed by atoms with Crippen molar-refractivity contribution in [3.05, 3.63) is 57.2 Å². The van der Waals surface area contributed by atoms with Crippen molar-refractivity contribution in [1.82, 2.24) is 39.1 Å². The van der Waals surface area contributed by atoms with Crippen LogP contribution >= 0.6 is 60.1 Å². The van der Waals surface area contributed by atoms with Gasteiger partial charge in [-0.25, -0.2) is 23.5 Å². The van der Waals surface area contributed by atoms with Crippen LogP contribution in [0.15, 0.2) is 51.6 Å². The Kier molecular flexibility index (Phi) is 26.2. The number of aliphatic hydroxyl groups is 2. The summed E-state index contributed by atoms with van der Waals surface area (Å²) in [6.45, 7) is 14.3. The standard InChI is InChI=1S/C10H14BrN3O2.C6H8N4O.C6H6N2O.C5H6BrN3.C5H7N3.C3H9NO.Br2/c1-10(2,3)16-9(15)13-4-5-14-8(13)7(11)6-12-14;7-3-5-4-9-10(1-2-11)6(5)8;1-2-9-5-6(3-7)4-8;6-4-3-8-9-2-1-7-5(4)9;1-2-7-8-4-3-6-5(1)8;4-2-1-3-5;1-2/h6H,4-5H2,1-3H3;4,11H,1-2,8H2;5H,2H2,1H3;3,7H,1-2H2;1-2,6H,3-4H2;5H,1-4H2;. The molecule has 0 fully saturated rings. The zero-order valence-corrected chi connectivity index (χ0v) is 39.9. The van der Waals surface area contributed by atoms with Gasteiger partial charge in [0, 0.05) is 54.0 Å². The molecule has 3 aliphatic heterocycles. The first kappa shape index (κ1) is 53.3. The van der Waals surface area contributed by atoms with Gasteiger partial charge in [0.1, 0.15) is 53.1 Å². The number of hydrogen-bond acceptors (Lipinski definition) is 16. The number of ether oxygens (including phenoxy) is 2. The van der Waals surface area contributed by atoms with Crippen LogP contribution in [0.25, 0.3) is 0 Å². The number of nitrogens with one attached hydrogen (secondary N) is 2. The maximum atomic E-state index is 11.9. The SMILES string of the molecule is BrBr.Brc1cnn2c1NCC2.CC(C)(C)OC(=O)N1CCn2ncc(Br)c21.CCOC=C(C#N)C#N.N#Cc1cnn(CCO)c1N.NCCCO.c1cc2n(n1)CCN2. The van der Waals surface area contributed by atoms with Gasteiger partial charge in [0.05, 0.1) is 79.7 Å². The minimum absolute atomic E-state index is 0.00292. The molecule has 0 spiro atoms. The zero-order chi connectivity index (χ0) is 45.1. The van der Waals surface area contributed by atoms with Gasteiger partial charge in [-0.2, -0.15) is 36.2 Å². The van der Waals surface area contributed by atoms with E-state index in [-0.39, 0.29) is 24.9 Å². The lowest BCUT2D eigenvalue weighted by molar-refractivity contribution is 0.0583. The van der Waals surface area contributed by atoms with Gasteiger partial charge >= 0.3 is 6.09 Å². The first-order valence-electron chi connectivity index (χ1n) is 18.1. The summed E-state index contributed by atoms with van der Waals surface area (Å²) in [5.41, 5.74) is 10.3. The molecular formula is C35H50Br4N16O5. The minimum Gasteiger partial charge on any atom is -0.499 e. The highest BCUT2D eigenvalue weighted by Crippen LogP contribution is 2.31. The van der Waals surface area contributed by atoms with Crippen molar-refractivity contribution in [2.24, 2.45) is 5.73 Å². The van der Waals surface area contributed by atoms with Crippen molar-refractivity contribution in [2.45, 2.75) is 65.9 Å². The fourth-order valence-corrected chi connectivity index (χ4v) is 5.56. The largest absolute Gasteiger partial charge is 0.499 e. The third kappa shape index (κ3) is 18.3. The fourth-order valence-electron chi connectivity index (χ4n) is 4.61. The number of nitrogens with two attached hydrogens (primary N) is 2. The van der Waals surface area contributed by atoms with E-state index in [1.807, 2.05) is 54.7 Å². The van der Waals surface area contributed by atoms with E-state index >= 15 is 0 Å². The number of anilines is 4. The van der Waals surface area contributed by atoms with Crippen LogP contribution in [0, 0.1) is 34.0 Å². The molecule has 7 rings (SSSR count). The van der Waals surface area contributed by atoms with E-state index in [2.05, 4.69) is 95.9 Å². The topological polar surface area (TPSA) is 298 Å². The molecule has 8 N–H and O–H groups in total. The number of amides is 1. The van der Waals surface area contributed by atoms with Gasteiger partial charge < -0.3 is 41.8 Å². The molecule has 0 radical (unpaired) electrons. The first-order chi connectivity index (χ1) is 28.8. The van der Waals surface area contributed by atoms with E-state index in [1.54, 1.807) is 34.8 Å². The molecule has 328 valence electrons. The highest BCUT2D eigenvalue weighted by Gasteiger charge is 2.31. The number of hydrogen-bond donors (Lipinski definition) is 6. The molecule has 1 amide bonds. The third-order valence-corrected chi connectivity index (χ3v) is 8.35. The smallest absolute Gasteiger partial charge is 0.416 e. The van der Waals surface area contributed by atoms with Gasteiger partial charge in [-0.3, -0.25) is 4.90 Å². The van der Waals surface area contributed by atoms with E-state index in [0.29, 0.717) is 44.2 Å². The second-order valence-electron chi connectivity index (χ2n) is 12.6. The molecule has 7 heterocycles. The molecule has 4 aromatic heterocycles. The Morgan fingerprint density at radius 1 is 0.933 bits per heavy atom. The maximum absolute atomic E-state index is 11.9. The summed E-state index contributed by atoms with van der Waals surface area (Å²) in [6.07, 6.45) is 8.23. The summed E-state index contributed by atoms with van der Waals surface area (Å²) in [7, 11) is 0. The number of allylic oxidation sites excluding steroid dienone is 1. The summed E-state index contributed by atoms with van der Waals surface area (Å²) < 4.78 is 18.9. The molecule has 0 saturated heterocycles. The molecule has 0 saturated carbocycles. The number of carbonyl (C=O) groups is 1. The highest BCUT2D eigenvalue weighted by molar-refractivity contribution is 9.93. The van der Waals surface area contributed by atoms with Crippen LogP contribution in [0.4, 0.5) is 28.1 Å². The van der Waals surface area contributed by atoms with Gasteiger partial charge in [-0.15, -0.1) is 0 Å². The molecule has 0 aliphatic carbocycles. The normalized spacial score (nSPS) is 11.9. The molecule has 0 aromatic carbocycles. The monoisotopic (exact) mass is 1090 g/mol. The molecule has 21 nitrogen and oxygen atoms in total. The van der Waals surface area contributed by atoms with Gasteiger partial charge in [0.15, 0.2) is 11.4 Å². The van der Waals surface area contributed by atoms with Crippen LogP contribution in [-0.2, 0) is 35.7 Å². The summed E-state index contributed by atoms with van der Waals surface area (Å²) in [6, 6.07) is 7.19. The van der Waals surface area contributed by atoms with Crippen molar-refractivity contribution in [1.29, 1.82) is 15.8 Å². The third-order valence-electron chi connectivity index (χ3n) is 7.21. The van der Waals surface area contributed by atoms with Gasteiger partial charge in [0.25, 0.3) is 0 Å². The Morgan fingerprint density at radius 2 is 1.58 bits per heavy atom. The number of halogens is 4. The lowest BCUT2D eigenvalue weighted by Crippen LogP contribution is -2.35. The zero-order valence-electron chi connectivity index (χ0n) is 33.6. The molecule has 25 heteroatoms. The average molecular weight is 1090 g/mol. The summed E-state index contributed by atoms with van der Waals surface area (Å²) in [5.74, 6) is 3.33. The Labute approximate surface area is 380 Å². The molecule has 4 aromatic rings. The molecular weight excluding hydrogens is 1040 g/mol. The summed E-state index contributed by atoms with van der Waals surface area (Å²) >= 11 is 12.2. The second kappa shape index (κ2) is 29.5. The van der Waals surface area contributed by atoms with E-state index in [1.165, 1.54) is 10.9 Å². The number of nitriles is 3. The van der Waals surface area contributed by atoms with Crippen molar-refractivity contribution < 1.29 is 24.5 Å². The Morgan fingerprint density at radius 3 is 2.12 bits per heavy atom. The van der Waals surface area contributed by atoms with Crippen LogP contribution < -0.4 is 27.0 Å². The predicted molar refractivity (Wildman–Crippen MR) is 241 cm³/mol. The van der Waals surface area contributed by atoms with E-state index < -0.39 is 5.60 Å². The number of nitrogen functional groups attached to an aromatic ring is 1. The minimum atomic E-state index is -0.475. The van der Waals surface area contributed by atoms with Crippen LogP contribution in [0.2, 0.25) is 0 Å². The molecule has 0 unspecified atom stereocenters. The van der Waals surface area contributed by atoms with Gasteiger partial charge in [0.2, 0.25) is 0 Å². The number of rotatable bonds is 6. The van der Waals surface area contributed by atoms with Crippen molar-refractivity contribution in [3.8, 4) is 18.2 Å². The number of carbonyl (C=O) groups excluding carboxylic acids is 1. The van der Waals surface area contributed by atoms with Crippen LogP contribution in [0.5, 0.6) is 0 Å². The van der Waals surface area contributed by atoms with Crippen LogP contribution in [-0.4, -0.2) is 107 Å². The van der Waals surface area contributed by atoms with E-state index in [9.17, 15) is 4.79 Å². The number of fused-ring (bicyclic) bond motifs is 3. The molecule has 0 atom stereocenters. The maximum Gasteiger partial charge on any atom is 0.416 e. The molecule has 0 bridgehead atoms. The molecule has 3 aliphatic rings. The lowest BCUT2D eigenvalue weighted by Gasteiger charge is -2.23. The van der Waals surface area contributed by atoms with Crippen molar-refractivity contribution in [3.63, 3.8) is 0 Å². The number of aliphatic hydroxyl groups excluding tert-OH is 2. The van der Waals surface area contributed by atoms with Crippen LogP contribution in [0.1, 0.15) is 39.7 Å². The second-order valence-corrected chi connectivity index (χ2v) is 14.3. The van der Waals surface area contributed by atoms with Gasteiger partial charge in [-0.05, 0) is 72.5 Å². The Bertz CT molecular complexity index is 1980. The van der Waals surface area contributed by atoms with Crippen molar-refractivity contribution >= 4 is 89.5 Å². The molecule has 60 heavy (non-hydrogen) atoms. The first-order valence-corrected chi connectivity index (χ1v) is 23.4. The highest BCUT2D eigenvalue weighted by atomic mass is 80.9. The lowest BCUT2D eigenvalue weighted by atomic mass is 10.2. The van der Waals surface area contributed by atoms with Gasteiger partial charge in [-0.1, -0.05) is 0 Å². The Hall–Kier alpha value is -4.68. The number of nitrogens with zero attached hydrogens (tertiary/aromatic N) is 12. The summed E-state index contributed by atoms with van der Waals surface area (Å²) in [5, 5.41) is 63.7. The van der Waals surface area contributed by atoms with Crippen LogP contribution in [0.3, 0.4) is 0 Å². The van der Waals surface area contributed by atoms with Crippen molar-refractivity contribution in [2.75, 3.05) is 67.3 Å². The summed E-state index contributed by atoms with van der Waals surface area (Å²) in [4.78, 5) is 13.5. The fraction of sp³-hybridized carbons (Fsp3) is 0.486. The van der Waals surface area contributed by atoms with E-state index in [0.717, 1.165) is 65.3 Å². The van der Waals surface area contributed by atoms with E-state index in [4.69, 9.17) is 42.2 Å². The average Bonchev–Trinajstić information content (AvgIpc) is 4.09.